The Morgan fingerprint density at radius 3 is 3.04 bits per heavy atom. The van der Waals surface area contributed by atoms with Crippen molar-refractivity contribution >= 4 is 34.2 Å². The minimum atomic E-state index is -0.0679. The summed E-state index contributed by atoms with van der Waals surface area (Å²) in [6, 6.07) is 9.55. The molecule has 0 spiro atoms. The molecule has 0 radical (unpaired) electrons. The van der Waals surface area contributed by atoms with Gasteiger partial charge < -0.3 is 16.4 Å². The Labute approximate surface area is 167 Å². The molecule has 0 unspecified atom stereocenters. The second-order valence-corrected chi connectivity index (χ2v) is 7.27. The lowest BCUT2D eigenvalue weighted by molar-refractivity contribution is -0.117. The Kier molecular flexibility index (Phi) is 4.92. The standard InChI is InChI=1S/C20H21ClN6O/c1-23-14(9-22)11-27-18-5-6-24-19(17(18)10-25-27)26-20(28)16-8-15(16)12-3-2-4-13(21)7-12/h2-7,9-10,15-16,23H,8,11,22H2,1H3,(H,24,26,28)/b14-9-/t15-,16+/m1/s1. The minimum Gasteiger partial charge on any atom is -0.403 e. The summed E-state index contributed by atoms with van der Waals surface area (Å²) in [6.07, 6.45) is 5.71. The number of aromatic nitrogens is 3. The quantitative estimate of drug-likeness (QED) is 0.595. The first-order valence-electron chi connectivity index (χ1n) is 9.06. The highest BCUT2D eigenvalue weighted by molar-refractivity contribution is 6.30. The number of allylic oxidation sites excluding steroid dienone is 1. The highest BCUT2D eigenvalue weighted by atomic mass is 35.5. The van der Waals surface area contributed by atoms with Crippen molar-refractivity contribution in [3.63, 3.8) is 0 Å². The number of likely N-dealkylation sites (N-methyl/N-ethyl adjacent to an activating group) is 1. The summed E-state index contributed by atoms with van der Waals surface area (Å²) >= 11 is 6.06. The lowest BCUT2D eigenvalue weighted by Gasteiger charge is -2.08. The van der Waals surface area contributed by atoms with Crippen LogP contribution in [0.15, 0.2) is 54.6 Å². The maximum atomic E-state index is 12.7. The number of nitrogens with one attached hydrogen (secondary N) is 2. The number of rotatable bonds is 6. The second-order valence-electron chi connectivity index (χ2n) is 6.83. The number of hydrogen-bond donors (Lipinski definition) is 3. The van der Waals surface area contributed by atoms with E-state index >= 15 is 0 Å². The smallest absolute Gasteiger partial charge is 0.229 e. The molecule has 1 amide bonds. The largest absolute Gasteiger partial charge is 0.403 e. The third-order valence-electron chi connectivity index (χ3n) is 5.06. The average molecular weight is 397 g/mol. The third kappa shape index (κ3) is 3.53. The highest BCUT2D eigenvalue weighted by Crippen LogP contribution is 2.48. The minimum absolute atomic E-state index is 0.0320. The molecule has 3 aromatic rings. The zero-order valence-corrected chi connectivity index (χ0v) is 16.1. The van der Waals surface area contributed by atoms with Crippen LogP contribution in [-0.2, 0) is 11.3 Å². The second kappa shape index (κ2) is 7.52. The number of carbonyl (C=O) groups excluding carboxylic acids is 1. The zero-order chi connectivity index (χ0) is 19.7. The fraction of sp³-hybridized carbons (Fsp3) is 0.250. The van der Waals surface area contributed by atoms with Crippen molar-refractivity contribution in [2.24, 2.45) is 11.7 Å². The Hall–Kier alpha value is -3.06. The molecule has 2 aromatic heterocycles. The molecule has 1 aliphatic carbocycles. The predicted molar refractivity (Wildman–Crippen MR) is 110 cm³/mol. The molecule has 1 aliphatic rings. The van der Waals surface area contributed by atoms with Crippen molar-refractivity contribution in [3.8, 4) is 0 Å². The maximum Gasteiger partial charge on any atom is 0.229 e. The van der Waals surface area contributed by atoms with Crippen LogP contribution in [0.25, 0.3) is 10.9 Å². The van der Waals surface area contributed by atoms with E-state index < -0.39 is 0 Å². The van der Waals surface area contributed by atoms with Crippen LogP contribution >= 0.6 is 11.6 Å². The van der Waals surface area contributed by atoms with Crippen molar-refractivity contribution in [1.29, 1.82) is 0 Å². The number of nitrogens with zero attached hydrogens (tertiary/aromatic N) is 3. The molecule has 0 bridgehead atoms. The van der Waals surface area contributed by atoms with E-state index in [0.29, 0.717) is 17.4 Å². The fourth-order valence-corrected chi connectivity index (χ4v) is 3.61. The number of halogens is 1. The van der Waals surface area contributed by atoms with Crippen molar-refractivity contribution in [2.45, 2.75) is 18.9 Å². The number of amides is 1. The van der Waals surface area contributed by atoms with Crippen LogP contribution in [0.5, 0.6) is 0 Å². The zero-order valence-electron chi connectivity index (χ0n) is 15.4. The highest BCUT2D eigenvalue weighted by Gasteiger charge is 2.44. The average Bonchev–Trinajstić information content (AvgIpc) is 3.41. The van der Waals surface area contributed by atoms with Gasteiger partial charge in [-0.2, -0.15) is 5.10 Å². The van der Waals surface area contributed by atoms with E-state index in [1.54, 1.807) is 12.4 Å². The number of benzene rings is 1. The van der Waals surface area contributed by atoms with Gasteiger partial charge in [0.05, 0.1) is 23.6 Å². The van der Waals surface area contributed by atoms with E-state index in [0.717, 1.165) is 28.6 Å². The molecule has 1 fully saturated rings. The number of anilines is 1. The van der Waals surface area contributed by atoms with Crippen molar-refractivity contribution < 1.29 is 4.79 Å². The normalized spacial score (nSPS) is 18.9. The van der Waals surface area contributed by atoms with Crippen molar-refractivity contribution in [1.82, 2.24) is 20.1 Å². The van der Waals surface area contributed by atoms with Gasteiger partial charge in [-0.1, -0.05) is 23.7 Å². The monoisotopic (exact) mass is 396 g/mol. The predicted octanol–water partition coefficient (Wildman–Crippen LogP) is 2.85. The van der Waals surface area contributed by atoms with E-state index in [2.05, 4.69) is 20.7 Å². The van der Waals surface area contributed by atoms with Gasteiger partial charge in [0.25, 0.3) is 0 Å². The first-order valence-corrected chi connectivity index (χ1v) is 9.44. The first-order chi connectivity index (χ1) is 13.6. The molecular weight excluding hydrogens is 376 g/mol. The van der Waals surface area contributed by atoms with E-state index in [-0.39, 0.29) is 17.7 Å². The summed E-state index contributed by atoms with van der Waals surface area (Å²) in [5, 5.41) is 11.9. The fourth-order valence-electron chi connectivity index (χ4n) is 3.41. The summed E-state index contributed by atoms with van der Waals surface area (Å²) < 4.78 is 1.81. The Morgan fingerprint density at radius 1 is 1.43 bits per heavy atom. The van der Waals surface area contributed by atoms with Gasteiger partial charge in [-0.15, -0.1) is 0 Å². The van der Waals surface area contributed by atoms with E-state index in [9.17, 15) is 4.79 Å². The SMILES string of the molecule is CN/C(=C\N)Cn1ncc2c(NC(=O)[C@H]3C[C@@H]3c3cccc(Cl)c3)nccc21. The van der Waals surface area contributed by atoms with Crippen LogP contribution in [0.2, 0.25) is 5.02 Å². The molecule has 7 nitrogen and oxygen atoms in total. The van der Waals surface area contributed by atoms with E-state index in [1.807, 2.05) is 42.1 Å². The van der Waals surface area contributed by atoms with Crippen LogP contribution in [0.3, 0.4) is 0 Å². The molecule has 1 aromatic carbocycles. The number of fused-ring (bicyclic) bond motifs is 1. The summed E-state index contributed by atoms with van der Waals surface area (Å²) in [4.78, 5) is 17.1. The molecule has 28 heavy (non-hydrogen) atoms. The Morgan fingerprint density at radius 2 is 2.29 bits per heavy atom. The number of nitrogens with two attached hydrogens (primary N) is 1. The first kappa shape index (κ1) is 18.3. The van der Waals surface area contributed by atoms with Crippen molar-refractivity contribution in [2.75, 3.05) is 12.4 Å². The van der Waals surface area contributed by atoms with Gasteiger partial charge in [0.15, 0.2) is 0 Å². The lowest BCUT2D eigenvalue weighted by atomic mass is 10.1. The molecule has 1 saturated carbocycles. The summed E-state index contributed by atoms with van der Waals surface area (Å²) in [5.41, 5.74) is 8.42. The molecule has 0 saturated heterocycles. The van der Waals surface area contributed by atoms with Gasteiger partial charge >= 0.3 is 0 Å². The van der Waals surface area contributed by atoms with E-state index in [1.165, 1.54) is 6.20 Å². The Balaban J connectivity index is 1.51. The third-order valence-corrected chi connectivity index (χ3v) is 5.29. The number of hydrogen-bond acceptors (Lipinski definition) is 5. The molecule has 2 heterocycles. The van der Waals surface area contributed by atoms with Crippen LogP contribution in [0, 0.1) is 5.92 Å². The number of pyridine rings is 1. The van der Waals surface area contributed by atoms with E-state index in [4.69, 9.17) is 17.3 Å². The maximum absolute atomic E-state index is 12.7. The van der Waals surface area contributed by atoms with Gasteiger partial charge in [-0.05, 0) is 36.1 Å². The van der Waals surface area contributed by atoms with Gasteiger partial charge in [0, 0.05) is 36.1 Å². The summed E-state index contributed by atoms with van der Waals surface area (Å²) in [5.74, 6) is 0.624. The molecule has 2 atom stereocenters. The Bertz CT molecular complexity index is 1060. The molecule has 144 valence electrons. The van der Waals surface area contributed by atoms with Gasteiger partial charge in [-0.25, -0.2) is 4.98 Å². The molecule has 0 aliphatic heterocycles. The topological polar surface area (TPSA) is 97.9 Å². The van der Waals surface area contributed by atoms with Crippen molar-refractivity contribution in [3.05, 3.63) is 65.2 Å². The van der Waals surface area contributed by atoms with Crippen LogP contribution < -0.4 is 16.4 Å². The summed E-state index contributed by atoms with van der Waals surface area (Å²) in [7, 11) is 1.81. The van der Waals surface area contributed by atoms with Gasteiger partial charge in [0.2, 0.25) is 5.91 Å². The number of carbonyl (C=O) groups is 1. The summed E-state index contributed by atoms with van der Waals surface area (Å²) in [6.45, 7) is 0.507. The molecule has 8 heteroatoms. The van der Waals surface area contributed by atoms with Gasteiger partial charge in [0.1, 0.15) is 5.82 Å². The molecular formula is C20H21ClN6O. The van der Waals surface area contributed by atoms with Crippen LogP contribution in [-0.4, -0.2) is 27.7 Å². The van der Waals surface area contributed by atoms with Crippen LogP contribution in [0.4, 0.5) is 5.82 Å². The molecule has 4 N–H and O–H groups in total. The van der Waals surface area contributed by atoms with Crippen LogP contribution in [0.1, 0.15) is 17.9 Å². The van der Waals surface area contributed by atoms with Gasteiger partial charge in [-0.3, -0.25) is 9.48 Å². The lowest BCUT2D eigenvalue weighted by Crippen LogP contribution is -2.16. The molecule has 4 rings (SSSR count).